The molecule has 10 heteroatoms. The Kier molecular flexibility index (Phi) is 6.89. The van der Waals surface area contributed by atoms with Crippen LogP contribution in [0.1, 0.15) is 89.8 Å². The number of amides is 1. The quantitative estimate of drug-likeness (QED) is 0.359. The average Bonchev–Trinajstić information content (AvgIpc) is 3.47. The summed E-state index contributed by atoms with van der Waals surface area (Å²) in [5, 5.41) is 20.9. The largest absolute Gasteiger partial charge is 0.416 e. The van der Waals surface area contributed by atoms with Gasteiger partial charge in [-0.15, -0.1) is 10.2 Å². The number of anilines is 1. The lowest BCUT2D eigenvalue weighted by atomic mass is 9.65. The summed E-state index contributed by atoms with van der Waals surface area (Å²) in [5.41, 5.74) is 1.27. The predicted octanol–water partition coefficient (Wildman–Crippen LogP) is 6.10. The molecule has 0 bridgehead atoms. The summed E-state index contributed by atoms with van der Waals surface area (Å²) in [6.07, 6.45) is 2.44. The molecule has 0 unspecified atom stereocenters. The van der Waals surface area contributed by atoms with Crippen molar-refractivity contribution in [3.8, 4) is 6.07 Å². The highest BCUT2D eigenvalue weighted by Crippen LogP contribution is 2.48. The van der Waals surface area contributed by atoms with Gasteiger partial charge >= 0.3 is 6.18 Å². The molecule has 2 aromatic carbocycles. The van der Waals surface area contributed by atoms with Gasteiger partial charge < -0.3 is 14.8 Å². The number of carbonyl (C=O) groups is 1. The van der Waals surface area contributed by atoms with Crippen molar-refractivity contribution in [1.29, 1.82) is 5.26 Å². The van der Waals surface area contributed by atoms with Gasteiger partial charge in [-0.2, -0.15) is 18.4 Å². The van der Waals surface area contributed by atoms with Gasteiger partial charge in [0.2, 0.25) is 0 Å². The number of fused-ring (bicyclic) bond motifs is 1. The van der Waals surface area contributed by atoms with Crippen molar-refractivity contribution in [2.24, 2.45) is 18.9 Å². The fourth-order valence-corrected chi connectivity index (χ4v) is 6.68. The van der Waals surface area contributed by atoms with Crippen LogP contribution in [0, 0.1) is 23.2 Å². The highest BCUT2D eigenvalue weighted by molar-refractivity contribution is 6.10. The minimum atomic E-state index is -4.57. The lowest BCUT2D eigenvalue weighted by Crippen LogP contribution is -2.47. The van der Waals surface area contributed by atoms with Crippen molar-refractivity contribution in [2.45, 2.75) is 76.2 Å². The SMILES string of the molecule is Cn1cnnc1[C@H](c1cccc(N2Cc3c(cc(CNC4(C)CCC4)cc3C(F)(F)F)C2=O)c1)C1CC(CC#N)C1. The van der Waals surface area contributed by atoms with Crippen LogP contribution in [-0.2, 0) is 26.3 Å². The van der Waals surface area contributed by atoms with Gasteiger partial charge in [-0.3, -0.25) is 4.79 Å². The van der Waals surface area contributed by atoms with E-state index in [4.69, 9.17) is 5.26 Å². The van der Waals surface area contributed by atoms with Gasteiger partial charge in [-0.25, -0.2) is 0 Å². The Labute approximate surface area is 237 Å². The summed E-state index contributed by atoms with van der Waals surface area (Å²) < 4.78 is 44.6. The third kappa shape index (κ3) is 5.12. The Bertz CT molecular complexity index is 1510. The topological polar surface area (TPSA) is 86.8 Å². The van der Waals surface area contributed by atoms with E-state index in [1.807, 2.05) is 29.8 Å². The van der Waals surface area contributed by atoms with E-state index in [9.17, 15) is 18.0 Å². The van der Waals surface area contributed by atoms with Gasteiger partial charge in [-0.1, -0.05) is 12.1 Å². The second-order valence-electron chi connectivity index (χ2n) is 12.2. The van der Waals surface area contributed by atoms with Crippen molar-refractivity contribution >= 4 is 11.6 Å². The van der Waals surface area contributed by atoms with Gasteiger partial charge in [0.05, 0.1) is 18.2 Å². The molecule has 1 atom stereocenters. The molecule has 1 aliphatic heterocycles. The first-order valence-electron chi connectivity index (χ1n) is 14.2. The Hall–Kier alpha value is -3.71. The van der Waals surface area contributed by atoms with Crippen LogP contribution in [0.3, 0.4) is 0 Å². The molecule has 6 rings (SSSR count). The molecule has 214 valence electrons. The molecule has 0 radical (unpaired) electrons. The van der Waals surface area contributed by atoms with E-state index in [0.717, 1.165) is 43.5 Å². The van der Waals surface area contributed by atoms with E-state index >= 15 is 0 Å². The number of hydrogen-bond donors (Lipinski definition) is 1. The van der Waals surface area contributed by atoms with Crippen LogP contribution in [0.4, 0.5) is 18.9 Å². The minimum absolute atomic E-state index is 0.0229. The molecule has 2 heterocycles. The van der Waals surface area contributed by atoms with Crippen molar-refractivity contribution in [2.75, 3.05) is 4.90 Å². The van der Waals surface area contributed by atoms with Gasteiger partial charge in [-0.05, 0) is 91.8 Å². The van der Waals surface area contributed by atoms with Gasteiger partial charge in [0.1, 0.15) is 12.2 Å². The van der Waals surface area contributed by atoms with Crippen molar-refractivity contribution in [1.82, 2.24) is 20.1 Å². The van der Waals surface area contributed by atoms with Gasteiger partial charge in [0.15, 0.2) is 0 Å². The molecule has 7 nitrogen and oxygen atoms in total. The Morgan fingerprint density at radius 3 is 2.63 bits per heavy atom. The standard InChI is InChI=1S/C31H33F3N6O/c1-30(8-4-9-30)36-16-20-13-24-25(26(14-20)31(32,33)34)17-40(29(24)41)23-6-3-5-21(15-23)27(28-38-37-18-39(28)2)22-11-19(12-22)7-10-35/h3,5-6,13-15,18-19,22,27,36H,4,7-9,11-12,16-17H2,1-2H3/t19?,22?,27-/m1/s1. The number of carbonyl (C=O) groups excluding carboxylic acids is 1. The van der Waals surface area contributed by atoms with Crippen LogP contribution < -0.4 is 10.2 Å². The lowest BCUT2D eigenvalue weighted by molar-refractivity contribution is -0.138. The number of hydrogen-bond acceptors (Lipinski definition) is 5. The number of nitrogens with zero attached hydrogens (tertiary/aromatic N) is 5. The van der Waals surface area contributed by atoms with E-state index in [1.54, 1.807) is 18.5 Å². The first-order chi connectivity index (χ1) is 19.6. The molecule has 41 heavy (non-hydrogen) atoms. The molecule has 1 N–H and O–H groups in total. The number of nitrogens with one attached hydrogen (secondary N) is 1. The van der Waals surface area contributed by atoms with Gasteiger partial charge in [0, 0.05) is 42.7 Å². The van der Waals surface area contributed by atoms with Crippen LogP contribution >= 0.6 is 0 Å². The molecular weight excluding hydrogens is 529 g/mol. The highest BCUT2D eigenvalue weighted by atomic mass is 19.4. The maximum Gasteiger partial charge on any atom is 0.416 e. The van der Waals surface area contributed by atoms with Crippen LogP contribution in [-0.4, -0.2) is 26.2 Å². The third-order valence-electron chi connectivity index (χ3n) is 9.27. The number of halogens is 3. The normalized spacial score (nSPS) is 22.0. The fourth-order valence-electron chi connectivity index (χ4n) is 6.68. The summed E-state index contributed by atoms with van der Waals surface area (Å²) in [6.45, 7) is 2.22. The summed E-state index contributed by atoms with van der Waals surface area (Å²) in [6, 6.07) is 12.6. The maximum atomic E-state index is 14.2. The summed E-state index contributed by atoms with van der Waals surface area (Å²) >= 11 is 0. The number of rotatable bonds is 8. The van der Waals surface area contributed by atoms with Crippen molar-refractivity contribution in [3.63, 3.8) is 0 Å². The number of nitriles is 1. The summed E-state index contributed by atoms with van der Waals surface area (Å²) in [5.74, 6) is 0.855. The van der Waals surface area contributed by atoms with E-state index in [1.165, 1.54) is 11.0 Å². The molecule has 3 aromatic rings. The second kappa shape index (κ2) is 10.3. The molecule has 1 aromatic heterocycles. The average molecular weight is 563 g/mol. The highest BCUT2D eigenvalue weighted by Gasteiger charge is 2.42. The van der Waals surface area contributed by atoms with Crippen LogP contribution in [0.25, 0.3) is 0 Å². The molecular formula is C31H33F3N6O. The Morgan fingerprint density at radius 1 is 1.22 bits per heavy atom. The zero-order chi connectivity index (χ0) is 28.9. The molecule has 0 saturated heterocycles. The molecule has 2 saturated carbocycles. The Morgan fingerprint density at radius 2 is 2.00 bits per heavy atom. The number of aryl methyl sites for hydroxylation is 1. The van der Waals surface area contributed by atoms with E-state index in [2.05, 4.69) is 28.5 Å². The molecule has 1 amide bonds. The predicted molar refractivity (Wildman–Crippen MR) is 147 cm³/mol. The van der Waals surface area contributed by atoms with Crippen LogP contribution in [0.2, 0.25) is 0 Å². The first-order valence-corrected chi connectivity index (χ1v) is 14.2. The maximum absolute atomic E-state index is 14.2. The fraction of sp³-hybridized carbons (Fsp3) is 0.484. The number of benzene rings is 2. The molecule has 2 fully saturated rings. The lowest BCUT2D eigenvalue weighted by Gasteiger charge is -2.39. The third-order valence-corrected chi connectivity index (χ3v) is 9.27. The molecule has 0 spiro atoms. The minimum Gasteiger partial charge on any atom is -0.320 e. The Balaban J connectivity index is 1.31. The van der Waals surface area contributed by atoms with E-state index in [-0.39, 0.29) is 41.6 Å². The first kappa shape index (κ1) is 27.5. The van der Waals surface area contributed by atoms with Crippen LogP contribution in [0.15, 0.2) is 42.7 Å². The summed E-state index contributed by atoms with van der Waals surface area (Å²) in [4.78, 5) is 15.1. The smallest absolute Gasteiger partial charge is 0.320 e. The molecule has 3 aliphatic rings. The van der Waals surface area contributed by atoms with Crippen LogP contribution in [0.5, 0.6) is 0 Å². The zero-order valence-corrected chi connectivity index (χ0v) is 23.2. The summed E-state index contributed by atoms with van der Waals surface area (Å²) in [7, 11) is 1.88. The van der Waals surface area contributed by atoms with E-state index in [0.29, 0.717) is 23.6 Å². The van der Waals surface area contributed by atoms with E-state index < -0.39 is 17.6 Å². The van der Waals surface area contributed by atoms with Gasteiger partial charge in [0.25, 0.3) is 5.91 Å². The zero-order valence-electron chi connectivity index (χ0n) is 23.2. The second-order valence-corrected chi connectivity index (χ2v) is 12.2. The monoisotopic (exact) mass is 562 g/mol. The number of aromatic nitrogens is 3. The van der Waals surface area contributed by atoms with Crippen molar-refractivity contribution in [3.05, 3.63) is 76.4 Å². The molecule has 2 aliphatic carbocycles. The van der Waals surface area contributed by atoms with Crippen molar-refractivity contribution < 1.29 is 18.0 Å². The number of alkyl halides is 3.